The summed E-state index contributed by atoms with van der Waals surface area (Å²) in [5.41, 5.74) is 2.52. The monoisotopic (exact) mass is 370 g/mol. The van der Waals surface area contributed by atoms with E-state index >= 15 is 0 Å². The third-order valence-electron chi connectivity index (χ3n) is 6.89. The highest BCUT2D eigenvalue weighted by Crippen LogP contribution is 2.38. The number of carbonyl (C=O) groups is 1. The number of likely N-dealkylation sites (N-methyl/N-ethyl adjacent to an activating group) is 1. The molecule has 3 aliphatic heterocycles. The van der Waals surface area contributed by atoms with Crippen molar-refractivity contribution in [2.75, 3.05) is 46.4 Å². The summed E-state index contributed by atoms with van der Waals surface area (Å²) < 4.78 is 5.63. The van der Waals surface area contributed by atoms with Crippen LogP contribution in [0.25, 0.3) is 0 Å². The normalized spacial score (nSPS) is 26.3. The van der Waals surface area contributed by atoms with Crippen LogP contribution in [0.4, 0.5) is 0 Å². The van der Waals surface area contributed by atoms with Crippen LogP contribution in [0.3, 0.4) is 0 Å². The van der Waals surface area contributed by atoms with Gasteiger partial charge >= 0.3 is 0 Å². The molecule has 0 aromatic heterocycles. The number of carbonyl (C=O) groups excluding carboxylic acids is 1. The lowest BCUT2D eigenvalue weighted by atomic mass is 9.73. The van der Waals surface area contributed by atoms with Crippen LogP contribution < -0.4 is 0 Å². The van der Waals surface area contributed by atoms with Crippen LogP contribution in [-0.2, 0) is 16.0 Å². The van der Waals surface area contributed by atoms with Gasteiger partial charge < -0.3 is 14.5 Å². The smallest absolute Gasteiger partial charge is 0.229 e. The van der Waals surface area contributed by atoms with E-state index in [1.165, 1.54) is 30.5 Å². The molecule has 0 radical (unpaired) electrons. The highest BCUT2D eigenvalue weighted by molar-refractivity contribution is 5.83. The van der Waals surface area contributed by atoms with Crippen molar-refractivity contribution in [3.05, 3.63) is 35.4 Å². The van der Waals surface area contributed by atoms with Gasteiger partial charge in [-0.25, -0.2) is 0 Å². The molecule has 3 saturated heterocycles. The van der Waals surface area contributed by atoms with Gasteiger partial charge in [-0.05, 0) is 75.6 Å². The summed E-state index contributed by atoms with van der Waals surface area (Å²) >= 11 is 0. The van der Waals surface area contributed by atoms with Gasteiger partial charge in [0.15, 0.2) is 0 Å². The molecule has 1 aromatic carbocycles. The number of nitrogens with zero attached hydrogens (tertiary/aromatic N) is 2. The summed E-state index contributed by atoms with van der Waals surface area (Å²) in [7, 11) is 2.22. The molecule has 27 heavy (non-hydrogen) atoms. The molecule has 0 saturated carbocycles. The summed E-state index contributed by atoms with van der Waals surface area (Å²) in [4.78, 5) is 18.0. The van der Waals surface area contributed by atoms with Crippen LogP contribution in [0.2, 0.25) is 0 Å². The lowest BCUT2D eigenvalue weighted by Crippen LogP contribution is -2.47. The summed E-state index contributed by atoms with van der Waals surface area (Å²) in [5, 5.41) is 0. The molecule has 4 heteroatoms. The van der Waals surface area contributed by atoms with E-state index in [2.05, 4.69) is 41.1 Å². The highest BCUT2D eigenvalue weighted by atomic mass is 16.5. The topological polar surface area (TPSA) is 32.8 Å². The lowest BCUT2D eigenvalue weighted by Gasteiger charge is -2.39. The largest absolute Gasteiger partial charge is 0.381 e. The van der Waals surface area contributed by atoms with E-state index in [0.717, 1.165) is 51.7 Å². The lowest BCUT2D eigenvalue weighted by molar-refractivity contribution is -0.146. The standard InChI is InChI=1S/C23H34N2O2/c1-24-11-5-8-21(18-24)20-7-4-6-19(16-20)17-23(9-14-27-15-10-23)22(26)25-12-2-3-13-25/h4,6-7,16,21H,2-3,5,8-15,17-18H2,1H3. The summed E-state index contributed by atoms with van der Waals surface area (Å²) in [6, 6.07) is 9.10. The zero-order valence-corrected chi connectivity index (χ0v) is 16.8. The van der Waals surface area contributed by atoms with Crippen molar-refractivity contribution in [3.63, 3.8) is 0 Å². The van der Waals surface area contributed by atoms with Crippen molar-refractivity contribution in [1.29, 1.82) is 0 Å². The molecule has 4 nitrogen and oxygen atoms in total. The van der Waals surface area contributed by atoms with E-state index in [0.29, 0.717) is 25.0 Å². The maximum Gasteiger partial charge on any atom is 0.229 e. The van der Waals surface area contributed by atoms with Crippen molar-refractivity contribution >= 4 is 5.91 Å². The quantitative estimate of drug-likeness (QED) is 0.814. The fraction of sp³-hybridized carbons (Fsp3) is 0.696. The number of ether oxygens (including phenoxy) is 1. The Morgan fingerprint density at radius 1 is 1.15 bits per heavy atom. The predicted molar refractivity (Wildman–Crippen MR) is 108 cm³/mol. The van der Waals surface area contributed by atoms with Gasteiger partial charge in [-0.15, -0.1) is 0 Å². The molecule has 0 spiro atoms. The number of likely N-dealkylation sites (tertiary alicyclic amines) is 2. The van der Waals surface area contributed by atoms with Crippen LogP contribution in [0.1, 0.15) is 55.6 Å². The van der Waals surface area contributed by atoms with Crippen molar-refractivity contribution in [2.45, 2.75) is 50.9 Å². The second-order valence-corrected chi connectivity index (χ2v) is 8.92. The molecule has 3 heterocycles. The van der Waals surface area contributed by atoms with Crippen LogP contribution in [0, 0.1) is 5.41 Å². The first-order chi connectivity index (χ1) is 13.2. The van der Waals surface area contributed by atoms with Crippen LogP contribution in [0.5, 0.6) is 0 Å². The van der Waals surface area contributed by atoms with Crippen molar-refractivity contribution in [2.24, 2.45) is 5.41 Å². The molecule has 0 N–H and O–H groups in total. The maximum absolute atomic E-state index is 13.4. The zero-order valence-electron chi connectivity index (χ0n) is 16.8. The Morgan fingerprint density at radius 2 is 1.93 bits per heavy atom. The number of rotatable bonds is 4. The third kappa shape index (κ3) is 4.22. The van der Waals surface area contributed by atoms with Gasteiger partial charge in [-0.2, -0.15) is 0 Å². The molecule has 1 unspecified atom stereocenters. The van der Waals surface area contributed by atoms with E-state index in [4.69, 9.17) is 4.74 Å². The fourth-order valence-electron chi connectivity index (χ4n) is 5.27. The molecular formula is C23H34N2O2. The minimum absolute atomic E-state index is 0.259. The molecule has 0 bridgehead atoms. The first-order valence-corrected chi connectivity index (χ1v) is 10.8. The first-order valence-electron chi connectivity index (χ1n) is 10.8. The molecule has 1 amide bonds. The van der Waals surface area contributed by atoms with Gasteiger partial charge in [-0.1, -0.05) is 24.3 Å². The van der Waals surface area contributed by atoms with Gasteiger partial charge in [0, 0.05) is 32.8 Å². The SMILES string of the molecule is CN1CCCC(c2cccc(CC3(C(=O)N4CCCC4)CCOCC3)c2)C1. The summed E-state index contributed by atoms with van der Waals surface area (Å²) in [6.45, 7) is 5.67. The Hall–Kier alpha value is -1.39. The van der Waals surface area contributed by atoms with E-state index in [1.807, 2.05) is 0 Å². The molecular weight excluding hydrogens is 336 g/mol. The van der Waals surface area contributed by atoms with Crippen LogP contribution in [-0.4, -0.2) is 62.1 Å². The van der Waals surface area contributed by atoms with E-state index in [-0.39, 0.29) is 5.41 Å². The molecule has 1 atom stereocenters. The second-order valence-electron chi connectivity index (χ2n) is 8.92. The van der Waals surface area contributed by atoms with Crippen molar-refractivity contribution < 1.29 is 9.53 Å². The third-order valence-corrected chi connectivity index (χ3v) is 6.89. The Balaban J connectivity index is 1.54. The average Bonchev–Trinajstić information content (AvgIpc) is 3.23. The number of amides is 1. The van der Waals surface area contributed by atoms with Crippen LogP contribution >= 0.6 is 0 Å². The number of benzene rings is 1. The predicted octanol–water partition coefficient (Wildman–Crippen LogP) is 3.46. The van der Waals surface area contributed by atoms with Gasteiger partial charge in [0.1, 0.15) is 0 Å². The van der Waals surface area contributed by atoms with Crippen molar-refractivity contribution in [3.8, 4) is 0 Å². The maximum atomic E-state index is 13.4. The summed E-state index contributed by atoms with van der Waals surface area (Å²) in [5.74, 6) is 1.01. The first kappa shape index (κ1) is 18.9. The molecule has 3 fully saturated rings. The molecule has 0 aliphatic carbocycles. The van der Waals surface area contributed by atoms with Crippen LogP contribution in [0.15, 0.2) is 24.3 Å². The molecule has 3 aliphatic rings. The number of hydrogen-bond donors (Lipinski definition) is 0. The van der Waals surface area contributed by atoms with E-state index in [9.17, 15) is 4.79 Å². The zero-order chi connectivity index (χ0) is 18.7. The Bertz CT molecular complexity index is 648. The van der Waals surface area contributed by atoms with Gasteiger partial charge in [0.25, 0.3) is 0 Å². The Labute approximate surface area is 163 Å². The highest BCUT2D eigenvalue weighted by Gasteiger charge is 2.43. The van der Waals surface area contributed by atoms with Gasteiger partial charge in [-0.3, -0.25) is 4.79 Å². The average molecular weight is 371 g/mol. The minimum atomic E-state index is -0.259. The number of hydrogen-bond acceptors (Lipinski definition) is 3. The molecule has 4 rings (SSSR count). The molecule has 148 valence electrons. The number of piperidine rings is 1. The van der Waals surface area contributed by atoms with E-state index < -0.39 is 0 Å². The second kappa shape index (κ2) is 8.32. The Morgan fingerprint density at radius 3 is 2.67 bits per heavy atom. The van der Waals surface area contributed by atoms with E-state index in [1.54, 1.807) is 0 Å². The van der Waals surface area contributed by atoms with Gasteiger partial charge in [0.2, 0.25) is 5.91 Å². The Kier molecular flexibility index (Phi) is 5.84. The van der Waals surface area contributed by atoms with Crippen molar-refractivity contribution in [1.82, 2.24) is 9.80 Å². The van der Waals surface area contributed by atoms with Gasteiger partial charge in [0.05, 0.1) is 5.41 Å². The summed E-state index contributed by atoms with van der Waals surface area (Å²) in [6.07, 6.45) is 7.45. The molecule has 1 aromatic rings. The fourth-order valence-corrected chi connectivity index (χ4v) is 5.27. The minimum Gasteiger partial charge on any atom is -0.381 e.